The predicted octanol–water partition coefficient (Wildman–Crippen LogP) is 0.278. The number of aromatic nitrogens is 5. The molecule has 2 aromatic rings. The summed E-state index contributed by atoms with van der Waals surface area (Å²) in [5.74, 6) is 0. The van der Waals surface area contributed by atoms with E-state index in [-0.39, 0.29) is 11.2 Å². The molecule has 0 bridgehead atoms. The molecule has 0 N–H and O–H groups in total. The van der Waals surface area contributed by atoms with Crippen molar-refractivity contribution in [3.8, 4) is 0 Å². The summed E-state index contributed by atoms with van der Waals surface area (Å²) in [5, 5.41) is 7.88. The zero-order valence-electron chi connectivity index (χ0n) is 11.2. The topological polar surface area (TPSA) is 74.7 Å². The Morgan fingerprint density at radius 2 is 2.11 bits per heavy atom. The van der Waals surface area contributed by atoms with Crippen LogP contribution in [0, 0.1) is 0 Å². The molecule has 0 atom stereocenters. The molecule has 0 unspecified atom stereocenters. The lowest BCUT2D eigenvalue weighted by Crippen LogP contribution is -2.38. The molecule has 7 heteroatoms. The van der Waals surface area contributed by atoms with Crippen LogP contribution < -0.4 is 11.2 Å². The summed E-state index contributed by atoms with van der Waals surface area (Å²) in [4.78, 5) is 24.1. The number of unbranched alkanes of at least 4 members (excludes halogenated alkanes) is 1. The SMILES string of the molecule is C=CCn1c(=O)n(C)c(=O)c2nnn(CCCC)c21. The smallest absolute Gasteiger partial charge is 0.272 e. The Morgan fingerprint density at radius 3 is 2.74 bits per heavy atom. The molecule has 2 rings (SSSR count). The number of aryl methyl sites for hydroxylation is 1. The molecule has 0 amide bonds. The van der Waals surface area contributed by atoms with E-state index >= 15 is 0 Å². The maximum absolute atomic E-state index is 12.1. The van der Waals surface area contributed by atoms with E-state index in [0.717, 1.165) is 17.4 Å². The Hall–Kier alpha value is -2.18. The molecule has 0 saturated carbocycles. The third kappa shape index (κ3) is 2.11. The molecule has 0 radical (unpaired) electrons. The number of nitrogens with zero attached hydrogens (tertiary/aromatic N) is 5. The van der Waals surface area contributed by atoms with Crippen LogP contribution in [-0.2, 0) is 20.1 Å². The van der Waals surface area contributed by atoms with E-state index in [1.165, 1.54) is 11.6 Å². The van der Waals surface area contributed by atoms with Crippen molar-refractivity contribution in [2.45, 2.75) is 32.9 Å². The third-order valence-corrected chi connectivity index (χ3v) is 3.02. The number of hydrogen-bond donors (Lipinski definition) is 0. The highest BCUT2D eigenvalue weighted by Crippen LogP contribution is 2.06. The average Bonchev–Trinajstić information content (AvgIpc) is 2.82. The highest BCUT2D eigenvalue weighted by molar-refractivity contribution is 5.68. The molecule has 0 aliphatic heterocycles. The summed E-state index contributed by atoms with van der Waals surface area (Å²) in [6, 6.07) is 0. The zero-order valence-corrected chi connectivity index (χ0v) is 11.2. The van der Waals surface area contributed by atoms with Gasteiger partial charge >= 0.3 is 5.69 Å². The van der Waals surface area contributed by atoms with Crippen molar-refractivity contribution in [2.75, 3.05) is 0 Å². The Kier molecular flexibility index (Phi) is 3.64. The van der Waals surface area contributed by atoms with Gasteiger partial charge in [-0.3, -0.25) is 13.9 Å². The van der Waals surface area contributed by atoms with E-state index < -0.39 is 5.56 Å². The van der Waals surface area contributed by atoms with Gasteiger partial charge < -0.3 is 0 Å². The van der Waals surface area contributed by atoms with Crippen molar-refractivity contribution >= 4 is 11.2 Å². The van der Waals surface area contributed by atoms with Crippen LogP contribution in [0.1, 0.15) is 19.8 Å². The van der Waals surface area contributed by atoms with Crippen LogP contribution in [0.5, 0.6) is 0 Å². The van der Waals surface area contributed by atoms with Crippen molar-refractivity contribution < 1.29 is 0 Å². The molecule has 0 aliphatic rings. The minimum atomic E-state index is -0.414. The van der Waals surface area contributed by atoms with Gasteiger partial charge in [-0.1, -0.05) is 24.6 Å². The van der Waals surface area contributed by atoms with Gasteiger partial charge in [0.25, 0.3) is 5.56 Å². The van der Waals surface area contributed by atoms with Crippen molar-refractivity contribution in [1.29, 1.82) is 0 Å². The van der Waals surface area contributed by atoms with Crippen LogP contribution in [0.15, 0.2) is 22.2 Å². The maximum Gasteiger partial charge on any atom is 0.332 e. The average molecular weight is 263 g/mol. The van der Waals surface area contributed by atoms with Gasteiger partial charge in [-0.15, -0.1) is 11.7 Å². The minimum absolute atomic E-state index is 0.222. The molecular formula is C12H17N5O2. The molecular weight excluding hydrogens is 246 g/mol. The van der Waals surface area contributed by atoms with E-state index in [9.17, 15) is 9.59 Å². The molecule has 0 fully saturated rings. The Labute approximate surface area is 109 Å². The Balaban J connectivity index is 2.79. The van der Waals surface area contributed by atoms with Crippen LogP contribution in [0.4, 0.5) is 0 Å². The zero-order chi connectivity index (χ0) is 14.0. The first kappa shape index (κ1) is 13.3. The first-order chi connectivity index (χ1) is 9.11. The van der Waals surface area contributed by atoms with Gasteiger partial charge in [-0.05, 0) is 6.42 Å². The summed E-state index contributed by atoms with van der Waals surface area (Å²) in [7, 11) is 1.44. The predicted molar refractivity (Wildman–Crippen MR) is 72.1 cm³/mol. The van der Waals surface area contributed by atoms with Gasteiger partial charge in [0.05, 0.1) is 0 Å². The molecule has 2 aromatic heterocycles. The summed E-state index contributed by atoms with van der Waals surface area (Å²) in [6.45, 7) is 6.66. The molecule has 19 heavy (non-hydrogen) atoms. The number of hydrogen-bond acceptors (Lipinski definition) is 4. The fourth-order valence-electron chi connectivity index (χ4n) is 1.98. The van der Waals surface area contributed by atoms with Crippen LogP contribution in [0.25, 0.3) is 11.2 Å². The van der Waals surface area contributed by atoms with Gasteiger partial charge in [0.1, 0.15) is 0 Å². The molecule has 0 aliphatic carbocycles. The standard InChI is InChI=1S/C12H17N5O2/c1-4-6-8-17-10-9(13-14-17)11(18)15(3)12(19)16(10)7-5-2/h5H,2,4,6-8H2,1,3H3. The largest absolute Gasteiger partial charge is 0.332 e. The number of fused-ring (bicyclic) bond motifs is 1. The highest BCUT2D eigenvalue weighted by Gasteiger charge is 2.16. The van der Waals surface area contributed by atoms with E-state index in [1.54, 1.807) is 10.8 Å². The van der Waals surface area contributed by atoms with Crippen LogP contribution in [0.2, 0.25) is 0 Å². The van der Waals surface area contributed by atoms with Crippen molar-refractivity contribution in [2.24, 2.45) is 7.05 Å². The fourth-order valence-corrected chi connectivity index (χ4v) is 1.98. The fraction of sp³-hybridized carbons (Fsp3) is 0.500. The minimum Gasteiger partial charge on any atom is -0.272 e. The molecule has 2 heterocycles. The van der Waals surface area contributed by atoms with Crippen molar-refractivity contribution in [3.05, 3.63) is 33.5 Å². The second-order valence-electron chi connectivity index (χ2n) is 4.38. The lowest BCUT2D eigenvalue weighted by Gasteiger charge is -2.09. The quantitative estimate of drug-likeness (QED) is 0.726. The van der Waals surface area contributed by atoms with E-state index in [0.29, 0.717) is 18.7 Å². The van der Waals surface area contributed by atoms with Gasteiger partial charge in [0, 0.05) is 20.1 Å². The molecule has 0 aromatic carbocycles. The van der Waals surface area contributed by atoms with Gasteiger partial charge in [-0.2, -0.15) is 0 Å². The summed E-state index contributed by atoms with van der Waals surface area (Å²) >= 11 is 0. The summed E-state index contributed by atoms with van der Waals surface area (Å²) < 4.78 is 4.13. The first-order valence-corrected chi connectivity index (χ1v) is 6.25. The van der Waals surface area contributed by atoms with Crippen molar-refractivity contribution in [1.82, 2.24) is 24.1 Å². The van der Waals surface area contributed by atoms with Crippen LogP contribution in [0.3, 0.4) is 0 Å². The molecule has 7 nitrogen and oxygen atoms in total. The second-order valence-corrected chi connectivity index (χ2v) is 4.38. The van der Waals surface area contributed by atoms with E-state index in [4.69, 9.17) is 0 Å². The summed E-state index contributed by atoms with van der Waals surface area (Å²) in [5.41, 5.74) is -0.0954. The van der Waals surface area contributed by atoms with Crippen LogP contribution in [-0.4, -0.2) is 24.1 Å². The third-order valence-electron chi connectivity index (χ3n) is 3.02. The van der Waals surface area contributed by atoms with E-state index in [2.05, 4.69) is 23.8 Å². The van der Waals surface area contributed by atoms with Gasteiger partial charge in [0.2, 0.25) is 0 Å². The number of allylic oxidation sites excluding steroid dienone is 1. The Morgan fingerprint density at radius 1 is 1.37 bits per heavy atom. The first-order valence-electron chi connectivity index (χ1n) is 6.25. The lowest BCUT2D eigenvalue weighted by molar-refractivity contribution is 0.550. The highest BCUT2D eigenvalue weighted by atomic mass is 16.2. The van der Waals surface area contributed by atoms with Crippen LogP contribution >= 0.6 is 0 Å². The molecule has 0 saturated heterocycles. The number of rotatable bonds is 5. The van der Waals surface area contributed by atoms with Crippen molar-refractivity contribution in [3.63, 3.8) is 0 Å². The monoisotopic (exact) mass is 263 g/mol. The van der Waals surface area contributed by atoms with Gasteiger partial charge in [-0.25, -0.2) is 9.48 Å². The Bertz CT molecular complexity index is 722. The normalized spacial score (nSPS) is 11.1. The summed E-state index contributed by atoms with van der Waals surface area (Å²) in [6.07, 6.45) is 3.52. The molecule has 102 valence electrons. The van der Waals surface area contributed by atoms with Gasteiger partial charge in [0.15, 0.2) is 11.2 Å². The molecule has 0 spiro atoms. The maximum atomic E-state index is 12.1. The second kappa shape index (κ2) is 5.21. The van der Waals surface area contributed by atoms with E-state index in [1.807, 2.05) is 0 Å². The lowest BCUT2D eigenvalue weighted by atomic mass is 10.3.